The van der Waals surface area contributed by atoms with Gasteiger partial charge in [0, 0.05) is 6.20 Å². The maximum absolute atomic E-state index is 11.8. The molecule has 5 nitrogen and oxygen atoms in total. The molecule has 1 aromatic carbocycles. The third-order valence-electron chi connectivity index (χ3n) is 4.01. The van der Waals surface area contributed by atoms with E-state index >= 15 is 0 Å². The van der Waals surface area contributed by atoms with E-state index in [0.29, 0.717) is 17.1 Å². The minimum absolute atomic E-state index is 0.360. The summed E-state index contributed by atoms with van der Waals surface area (Å²) < 4.78 is 5.45. The van der Waals surface area contributed by atoms with Crippen LogP contribution in [0.4, 0.5) is 4.79 Å². The van der Waals surface area contributed by atoms with Gasteiger partial charge in [-0.1, -0.05) is 42.5 Å². The lowest BCUT2D eigenvalue weighted by Gasteiger charge is -2.16. The molecule has 4 rings (SSSR count). The number of hydrogen-bond donors (Lipinski definition) is 1. The number of cyclic esters (lactones) is 1. The maximum Gasteiger partial charge on any atom is 0.408 e. The third kappa shape index (κ3) is 3.40. The summed E-state index contributed by atoms with van der Waals surface area (Å²) >= 11 is 0. The first-order valence-electron chi connectivity index (χ1n) is 8.22. The summed E-state index contributed by atoms with van der Waals surface area (Å²) in [5.41, 5.74) is 2.92. The minimum atomic E-state index is -0.448. The molecule has 0 unspecified atom stereocenters. The standard InChI is InChI=1S/C21H15N3O2/c25-21-24-19(20(26-21)15-7-2-1-3-8-15)18-11-6-10-17(23-18)13-12-16-9-4-5-14-22-16/h1-11,14,19-20H,(H,24,25)/t19-,20-/m1/s1. The van der Waals surface area contributed by atoms with Crippen LogP contribution in [-0.2, 0) is 4.74 Å². The van der Waals surface area contributed by atoms with E-state index in [0.717, 1.165) is 5.56 Å². The van der Waals surface area contributed by atoms with E-state index in [-0.39, 0.29) is 6.04 Å². The number of rotatable bonds is 2. The number of carbonyl (C=O) groups excluding carboxylic acids is 1. The Hall–Kier alpha value is -3.65. The molecule has 1 amide bonds. The highest BCUT2D eigenvalue weighted by Gasteiger charge is 2.37. The molecular formula is C21H15N3O2. The van der Waals surface area contributed by atoms with Crippen LogP contribution in [0.15, 0.2) is 72.9 Å². The van der Waals surface area contributed by atoms with Crippen LogP contribution in [0, 0.1) is 11.8 Å². The quantitative estimate of drug-likeness (QED) is 0.726. The summed E-state index contributed by atoms with van der Waals surface area (Å²) in [6.45, 7) is 0. The molecule has 2 atom stereocenters. The van der Waals surface area contributed by atoms with Crippen LogP contribution in [0.25, 0.3) is 0 Å². The van der Waals surface area contributed by atoms with Crippen LogP contribution in [0.1, 0.15) is 34.8 Å². The van der Waals surface area contributed by atoms with Gasteiger partial charge in [-0.2, -0.15) is 0 Å². The van der Waals surface area contributed by atoms with Crippen LogP contribution < -0.4 is 5.32 Å². The van der Waals surface area contributed by atoms with Gasteiger partial charge in [-0.05, 0) is 41.7 Å². The van der Waals surface area contributed by atoms with Gasteiger partial charge in [0.05, 0.1) is 5.69 Å². The van der Waals surface area contributed by atoms with Crippen molar-refractivity contribution in [3.63, 3.8) is 0 Å². The summed E-state index contributed by atoms with van der Waals surface area (Å²) in [5.74, 6) is 6.00. The molecule has 1 aliphatic heterocycles. The van der Waals surface area contributed by atoms with E-state index in [2.05, 4.69) is 27.1 Å². The van der Waals surface area contributed by atoms with Crippen molar-refractivity contribution < 1.29 is 9.53 Å². The normalized spacial score (nSPS) is 18.4. The smallest absolute Gasteiger partial charge is 0.408 e. The SMILES string of the molecule is O=C1N[C@H](c2cccc(C#Cc3ccccn3)n2)[C@@H](c2ccccc2)O1. The van der Waals surface area contributed by atoms with Gasteiger partial charge in [0.1, 0.15) is 17.4 Å². The summed E-state index contributed by atoms with van der Waals surface area (Å²) in [4.78, 5) is 20.6. The molecule has 0 aliphatic carbocycles. The lowest BCUT2D eigenvalue weighted by atomic mass is 10.00. The van der Waals surface area contributed by atoms with E-state index in [4.69, 9.17) is 4.74 Å². The summed E-state index contributed by atoms with van der Waals surface area (Å²) in [7, 11) is 0. The van der Waals surface area contributed by atoms with Gasteiger partial charge in [-0.25, -0.2) is 14.8 Å². The number of pyridine rings is 2. The second-order valence-electron chi connectivity index (χ2n) is 5.77. The number of nitrogens with one attached hydrogen (secondary N) is 1. The Morgan fingerprint density at radius 2 is 1.65 bits per heavy atom. The molecule has 3 aromatic rings. The maximum atomic E-state index is 11.8. The fourth-order valence-electron chi connectivity index (χ4n) is 2.81. The number of benzene rings is 1. The van der Waals surface area contributed by atoms with Crippen LogP contribution in [0.5, 0.6) is 0 Å². The summed E-state index contributed by atoms with van der Waals surface area (Å²) in [6.07, 6.45) is 0.829. The van der Waals surface area contributed by atoms with Crippen molar-refractivity contribution in [3.8, 4) is 11.8 Å². The molecule has 1 fully saturated rings. The topological polar surface area (TPSA) is 64.1 Å². The summed E-state index contributed by atoms with van der Waals surface area (Å²) in [5, 5.41) is 2.84. The summed E-state index contributed by atoms with van der Waals surface area (Å²) in [6, 6.07) is 20.4. The van der Waals surface area contributed by atoms with Crippen LogP contribution in [0.3, 0.4) is 0 Å². The van der Waals surface area contributed by atoms with E-state index in [9.17, 15) is 4.79 Å². The second kappa shape index (κ2) is 7.08. The number of amides is 1. The zero-order valence-corrected chi connectivity index (χ0v) is 13.8. The molecule has 0 radical (unpaired) electrons. The molecule has 2 aromatic heterocycles. The van der Waals surface area contributed by atoms with Gasteiger partial charge in [0.2, 0.25) is 0 Å². The lowest BCUT2D eigenvalue weighted by molar-refractivity contribution is 0.132. The zero-order valence-electron chi connectivity index (χ0n) is 13.8. The highest BCUT2D eigenvalue weighted by Crippen LogP contribution is 2.35. The predicted octanol–water partition coefficient (Wildman–Crippen LogP) is 3.40. The highest BCUT2D eigenvalue weighted by molar-refractivity contribution is 5.71. The van der Waals surface area contributed by atoms with E-state index in [1.165, 1.54) is 0 Å². The number of aromatic nitrogens is 2. The van der Waals surface area contributed by atoms with Gasteiger partial charge in [-0.15, -0.1) is 0 Å². The molecule has 3 heterocycles. The molecule has 0 saturated carbocycles. The van der Waals surface area contributed by atoms with Crippen LogP contribution >= 0.6 is 0 Å². The first-order valence-corrected chi connectivity index (χ1v) is 8.22. The average molecular weight is 341 g/mol. The first-order chi connectivity index (χ1) is 12.8. The minimum Gasteiger partial charge on any atom is -0.439 e. The average Bonchev–Trinajstić information content (AvgIpc) is 3.10. The highest BCUT2D eigenvalue weighted by atomic mass is 16.6. The molecule has 26 heavy (non-hydrogen) atoms. The second-order valence-corrected chi connectivity index (χ2v) is 5.77. The number of hydrogen-bond acceptors (Lipinski definition) is 4. The van der Waals surface area contributed by atoms with Gasteiger partial charge in [0.25, 0.3) is 0 Å². The Labute approximate surface area is 151 Å². The van der Waals surface area contributed by atoms with Crippen LogP contribution in [0.2, 0.25) is 0 Å². The van der Waals surface area contributed by atoms with Gasteiger partial charge >= 0.3 is 6.09 Å². The van der Waals surface area contributed by atoms with Crippen molar-refractivity contribution in [1.29, 1.82) is 0 Å². The number of nitrogens with zero attached hydrogens (tertiary/aromatic N) is 2. The first kappa shape index (κ1) is 15.9. The van der Waals surface area contributed by atoms with Gasteiger partial charge < -0.3 is 10.1 Å². The molecule has 0 spiro atoms. The van der Waals surface area contributed by atoms with Crippen molar-refractivity contribution in [1.82, 2.24) is 15.3 Å². The zero-order chi connectivity index (χ0) is 17.8. The molecule has 1 N–H and O–H groups in total. The Balaban J connectivity index is 1.63. The van der Waals surface area contributed by atoms with Crippen molar-refractivity contribution in [3.05, 3.63) is 95.6 Å². The number of carbonyl (C=O) groups is 1. The van der Waals surface area contributed by atoms with Crippen molar-refractivity contribution in [2.24, 2.45) is 0 Å². The van der Waals surface area contributed by atoms with Crippen molar-refractivity contribution in [2.45, 2.75) is 12.1 Å². The molecule has 0 bridgehead atoms. The van der Waals surface area contributed by atoms with Gasteiger partial charge in [0.15, 0.2) is 6.10 Å². The molecule has 1 saturated heterocycles. The molecular weight excluding hydrogens is 326 g/mol. The van der Waals surface area contributed by atoms with Crippen molar-refractivity contribution >= 4 is 6.09 Å². The third-order valence-corrected chi connectivity index (χ3v) is 4.01. The Morgan fingerprint density at radius 3 is 2.46 bits per heavy atom. The van der Waals surface area contributed by atoms with E-state index in [1.54, 1.807) is 6.20 Å². The molecule has 126 valence electrons. The Bertz CT molecular complexity index is 978. The molecule has 1 aliphatic rings. The number of alkyl carbamates (subject to hydrolysis) is 1. The fraction of sp³-hybridized carbons (Fsp3) is 0.0952. The van der Waals surface area contributed by atoms with Crippen LogP contribution in [-0.4, -0.2) is 16.1 Å². The molecule has 5 heteroatoms. The Morgan fingerprint density at radius 1 is 0.885 bits per heavy atom. The van der Waals surface area contributed by atoms with E-state index in [1.807, 2.05) is 66.7 Å². The monoisotopic (exact) mass is 341 g/mol. The fourth-order valence-corrected chi connectivity index (χ4v) is 2.81. The lowest BCUT2D eigenvalue weighted by Crippen LogP contribution is -2.20. The largest absolute Gasteiger partial charge is 0.439 e. The predicted molar refractivity (Wildman–Crippen MR) is 96.0 cm³/mol. The van der Waals surface area contributed by atoms with E-state index < -0.39 is 12.2 Å². The van der Waals surface area contributed by atoms with Gasteiger partial charge in [-0.3, -0.25) is 0 Å². The van der Waals surface area contributed by atoms with Crippen molar-refractivity contribution in [2.75, 3.05) is 0 Å². The number of ether oxygens (including phenoxy) is 1. The Kier molecular flexibility index (Phi) is 4.31.